The number of esters is 1. The third kappa shape index (κ3) is 5.22. The second-order valence-electron chi connectivity index (χ2n) is 5.69. The number of nitrogens with two attached hydrogens (primary N) is 1. The lowest BCUT2D eigenvalue weighted by atomic mass is 10.1. The van der Waals surface area contributed by atoms with E-state index in [1.807, 2.05) is 31.2 Å². The maximum Gasteiger partial charge on any atom is 0.340 e. The standard InChI is InChI=1S/C19H21ClN2O3/c1-3-13-4-6-14(7-5-13)12(2)22-18(23)11-25-19(24)16-9-8-15(20)10-17(16)21/h4-10,12H,3,11,21H2,1-2H3,(H,22,23)/t12-/m1/s1. The third-order valence-corrected chi connectivity index (χ3v) is 4.07. The summed E-state index contributed by atoms with van der Waals surface area (Å²) in [7, 11) is 0. The highest BCUT2D eigenvalue weighted by Gasteiger charge is 2.15. The van der Waals surface area contributed by atoms with Gasteiger partial charge in [-0.15, -0.1) is 0 Å². The second kappa shape index (κ2) is 8.53. The Balaban J connectivity index is 1.87. The summed E-state index contributed by atoms with van der Waals surface area (Å²) in [6, 6.07) is 12.3. The van der Waals surface area contributed by atoms with Crippen molar-refractivity contribution in [2.75, 3.05) is 12.3 Å². The van der Waals surface area contributed by atoms with Crippen molar-refractivity contribution >= 4 is 29.2 Å². The zero-order chi connectivity index (χ0) is 18.4. The van der Waals surface area contributed by atoms with Gasteiger partial charge in [-0.2, -0.15) is 0 Å². The van der Waals surface area contributed by atoms with E-state index in [2.05, 4.69) is 12.2 Å². The van der Waals surface area contributed by atoms with E-state index >= 15 is 0 Å². The van der Waals surface area contributed by atoms with Gasteiger partial charge in [-0.1, -0.05) is 42.8 Å². The number of amides is 1. The van der Waals surface area contributed by atoms with E-state index in [9.17, 15) is 9.59 Å². The number of hydrogen-bond donors (Lipinski definition) is 2. The first-order chi connectivity index (χ1) is 11.9. The van der Waals surface area contributed by atoms with Crippen molar-refractivity contribution < 1.29 is 14.3 Å². The first-order valence-corrected chi connectivity index (χ1v) is 8.38. The van der Waals surface area contributed by atoms with Crippen LogP contribution in [0.1, 0.15) is 41.4 Å². The molecule has 6 heteroatoms. The molecule has 0 aliphatic carbocycles. The molecule has 0 spiro atoms. The van der Waals surface area contributed by atoms with E-state index in [-0.39, 0.29) is 29.8 Å². The summed E-state index contributed by atoms with van der Waals surface area (Å²) < 4.78 is 5.01. The molecule has 0 radical (unpaired) electrons. The van der Waals surface area contributed by atoms with E-state index in [0.29, 0.717) is 5.02 Å². The van der Waals surface area contributed by atoms with Gasteiger partial charge in [-0.25, -0.2) is 4.79 Å². The number of nitrogen functional groups attached to an aromatic ring is 1. The van der Waals surface area contributed by atoms with E-state index < -0.39 is 5.97 Å². The molecule has 0 aliphatic rings. The number of nitrogens with one attached hydrogen (secondary N) is 1. The maximum atomic E-state index is 12.0. The summed E-state index contributed by atoms with van der Waals surface area (Å²) in [6.07, 6.45) is 0.963. The van der Waals surface area contributed by atoms with Crippen LogP contribution in [0.2, 0.25) is 5.02 Å². The molecule has 0 fully saturated rings. The molecule has 2 rings (SSSR count). The molecule has 132 valence electrons. The third-order valence-electron chi connectivity index (χ3n) is 3.83. The van der Waals surface area contributed by atoms with Crippen LogP contribution in [0, 0.1) is 0 Å². The minimum absolute atomic E-state index is 0.181. The molecule has 1 atom stereocenters. The van der Waals surface area contributed by atoms with Crippen LogP contribution in [0.5, 0.6) is 0 Å². The fraction of sp³-hybridized carbons (Fsp3) is 0.263. The first kappa shape index (κ1) is 18.8. The highest BCUT2D eigenvalue weighted by atomic mass is 35.5. The largest absolute Gasteiger partial charge is 0.452 e. The number of anilines is 1. The number of halogens is 1. The highest BCUT2D eigenvalue weighted by Crippen LogP contribution is 2.19. The average molecular weight is 361 g/mol. The summed E-state index contributed by atoms with van der Waals surface area (Å²) in [4.78, 5) is 24.0. The predicted molar refractivity (Wildman–Crippen MR) is 98.5 cm³/mol. The number of aryl methyl sites for hydroxylation is 1. The molecule has 0 bridgehead atoms. The summed E-state index contributed by atoms with van der Waals surface area (Å²) in [5.41, 5.74) is 8.33. The van der Waals surface area contributed by atoms with Gasteiger partial charge >= 0.3 is 5.97 Å². The molecule has 0 unspecified atom stereocenters. The molecule has 25 heavy (non-hydrogen) atoms. The van der Waals surface area contributed by atoms with Crippen LogP contribution in [0.3, 0.4) is 0 Å². The van der Waals surface area contributed by atoms with Gasteiger partial charge in [0.15, 0.2) is 6.61 Å². The van der Waals surface area contributed by atoms with Crippen LogP contribution < -0.4 is 11.1 Å². The number of carbonyl (C=O) groups is 2. The van der Waals surface area contributed by atoms with Crippen LogP contribution in [-0.2, 0) is 16.0 Å². The molecular weight excluding hydrogens is 340 g/mol. The van der Waals surface area contributed by atoms with Crippen molar-refractivity contribution in [2.24, 2.45) is 0 Å². The SMILES string of the molecule is CCc1ccc([C@@H](C)NC(=O)COC(=O)c2ccc(Cl)cc2N)cc1. The average Bonchev–Trinajstić information content (AvgIpc) is 2.59. The molecule has 1 amide bonds. The molecule has 0 saturated carbocycles. The highest BCUT2D eigenvalue weighted by molar-refractivity contribution is 6.31. The van der Waals surface area contributed by atoms with Crippen molar-refractivity contribution in [3.63, 3.8) is 0 Å². The Labute approximate surface area is 152 Å². The minimum atomic E-state index is -0.663. The van der Waals surface area contributed by atoms with Crippen molar-refractivity contribution in [1.82, 2.24) is 5.32 Å². The molecule has 3 N–H and O–H groups in total. The number of rotatable bonds is 6. The Bertz CT molecular complexity index is 760. The number of carbonyl (C=O) groups excluding carboxylic acids is 2. The molecule has 5 nitrogen and oxygen atoms in total. The lowest BCUT2D eigenvalue weighted by Gasteiger charge is -2.15. The smallest absolute Gasteiger partial charge is 0.340 e. The van der Waals surface area contributed by atoms with Gasteiger partial charge in [0.25, 0.3) is 5.91 Å². The predicted octanol–water partition coefficient (Wildman–Crippen LogP) is 3.52. The Morgan fingerprint density at radius 1 is 1.20 bits per heavy atom. The lowest BCUT2D eigenvalue weighted by Crippen LogP contribution is -2.31. The van der Waals surface area contributed by atoms with Crippen molar-refractivity contribution in [3.8, 4) is 0 Å². The zero-order valence-corrected chi connectivity index (χ0v) is 15.0. The Kier molecular flexibility index (Phi) is 6.42. The number of hydrogen-bond acceptors (Lipinski definition) is 4. The van der Waals surface area contributed by atoms with Crippen LogP contribution >= 0.6 is 11.6 Å². The Morgan fingerprint density at radius 3 is 2.48 bits per heavy atom. The number of benzene rings is 2. The second-order valence-corrected chi connectivity index (χ2v) is 6.13. The first-order valence-electron chi connectivity index (χ1n) is 8.01. The Morgan fingerprint density at radius 2 is 1.88 bits per heavy atom. The van der Waals surface area contributed by atoms with Gasteiger partial charge < -0.3 is 15.8 Å². The van der Waals surface area contributed by atoms with Gasteiger partial charge in [0.2, 0.25) is 0 Å². The molecule has 0 aliphatic heterocycles. The van der Waals surface area contributed by atoms with Crippen LogP contribution in [0.25, 0.3) is 0 Å². The van der Waals surface area contributed by atoms with E-state index in [1.54, 1.807) is 0 Å². The van der Waals surface area contributed by atoms with Crippen molar-refractivity contribution in [2.45, 2.75) is 26.3 Å². The van der Waals surface area contributed by atoms with Crippen LogP contribution in [0.15, 0.2) is 42.5 Å². The van der Waals surface area contributed by atoms with Crippen molar-refractivity contribution in [3.05, 3.63) is 64.2 Å². The van der Waals surface area contributed by atoms with Gasteiger partial charge in [-0.3, -0.25) is 4.79 Å². The Hall–Kier alpha value is -2.53. The topological polar surface area (TPSA) is 81.4 Å². The summed E-state index contributed by atoms with van der Waals surface area (Å²) in [5, 5.41) is 3.22. The number of ether oxygens (including phenoxy) is 1. The van der Waals surface area contributed by atoms with Gasteiger partial charge in [0.05, 0.1) is 11.6 Å². The maximum absolute atomic E-state index is 12.0. The monoisotopic (exact) mass is 360 g/mol. The van der Waals surface area contributed by atoms with Gasteiger partial charge in [-0.05, 0) is 42.7 Å². The van der Waals surface area contributed by atoms with Crippen LogP contribution in [-0.4, -0.2) is 18.5 Å². The van der Waals surface area contributed by atoms with Gasteiger partial charge in [0, 0.05) is 10.7 Å². The molecular formula is C19H21ClN2O3. The fourth-order valence-electron chi connectivity index (χ4n) is 2.34. The van der Waals surface area contributed by atoms with E-state index in [4.69, 9.17) is 22.1 Å². The van der Waals surface area contributed by atoms with Crippen molar-refractivity contribution in [1.29, 1.82) is 0 Å². The summed E-state index contributed by atoms with van der Waals surface area (Å²) >= 11 is 5.79. The summed E-state index contributed by atoms with van der Waals surface area (Å²) in [6.45, 7) is 3.58. The van der Waals surface area contributed by atoms with Crippen LogP contribution in [0.4, 0.5) is 5.69 Å². The molecule has 0 heterocycles. The molecule has 0 saturated heterocycles. The summed E-state index contributed by atoms with van der Waals surface area (Å²) in [5.74, 6) is -1.04. The lowest BCUT2D eigenvalue weighted by molar-refractivity contribution is -0.124. The van der Waals surface area contributed by atoms with Gasteiger partial charge in [0.1, 0.15) is 0 Å². The quantitative estimate of drug-likeness (QED) is 0.610. The molecule has 2 aromatic rings. The van der Waals surface area contributed by atoms with E-state index in [1.165, 1.54) is 23.8 Å². The fourth-order valence-corrected chi connectivity index (χ4v) is 2.52. The van der Waals surface area contributed by atoms with E-state index in [0.717, 1.165) is 12.0 Å². The molecule has 2 aromatic carbocycles. The zero-order valence-electron chi connectivity index (χ0n) is 14.2. The molecule has 0 aromatic heterocycles. The normalized spacial score (nSPS) is 11.6. The minimum Gasteiger partial charge on any atom is -0.452 e.